The van der Waals surface area contributed by atoms with Crippen LogP contribution in [0.1, 0.15) is 32.3 Å². The molecule has 0 saturated heterocycles. The van der Waals surface area contributed by atoms with Crippen molar-refractivity contribution >= 4 is 17.3 Å². The Morgan fingerprint density at radius 3 is 2.57 bits per heavy atom. The molecule has 0 saturated carbocycles. The SMILES string of the molecule is CCC(CC)Nc1cnc(Cl)c(C)c1. The average molecular weight is 213 g/mol. The van der Waals surface area contributed by atoms with E-state index in [0.29, 0.717) is 11.2 Å². The number of hydrogen-bond acceptors (Lipinski definition) is 2. The topological polar surface area (TPSA) is 24.9 Å². The predicted molar refractivity (Wildman–Crippen MR) is 62.0 cm³/mol. The van der Waals surface area contributed by atoms with Gasteiger partial charge in [0.05, 0.1) is 11.9 Å². The number of nitrogens with one attached hydrogen (secondary N) is 1. The number of aryl methyl sites for hydroxylation is 1. The number of anilines is 1. The first-order chi connectivity index (χ1) is 6.67. The third-order valence-electron chi connectivity index (χ3n) is 2.37. The number of halogens is 1. The summed E-state index contributed by atoms with van der Waals surface area (Å²) in [5, 5.41) is 4.01. The Morgan fingerprint density at radius 2 is 2.07 bits per heavy atom. The summed E-state index contributed by atoms with van der Waals surface area (Å²) in [6, 6.07) is 2.56. The second-order valence-corrected chi connectivity index (χ2v) is 3.85. The molecule has 1 N–H and O–H groups in total. The van der Waals surface area contributed by atoms with Crippen molar-refractivity contribution < 1.29 is 0 Å². The van der Waals surface area contributed by atoms with Crippen molar-refractivity contribution in [2.75, 3.05) is 5.32 Å². The molecular weight excluding hydrogens is 196 g/mol. The van der Waals surface area contributed by atoms with E-state index < -0.39 is 0 Å². The monoisotopic (exact) mass is 212 g/mol. The molecule has 1 aromatic heterocycles. The molecule has 0 aliphatic carbocycles. The molecule has 78 valence electrons. The normalized spacial score (nSPS) is 10.6. The molecule has 0 radical (unpaired) electrons. The van der Waals surface area contributed by atoms with Crippen molar-refractivity contribution in [3.8, 4) is 0 Å². The lowest BCUT2D eigenvalue weighted by Gasteiger charge is -2.16. The van der Waals surface area contributed by atoms with Crippen molar-refractivity contribution in [2.45, 2.75) is 39.7 Å². The summed E-state index contributed by atoms with van der Waals surface area (Å²) in [5.74, 6) is 0. The van der Waals surface area contributed by atoms with Crippen molar-refractivity contribution in [1.82, 2.24) is 4.98 Å². The van der Waals surface area contributed by atoms with Gasteiger partial charge in [0.25, 0.3) is 0 Å². The number of nitrogens with zero attached hydrogens (tertiary/aromatic N) is 1. The maximum Gasteiger partial charge on any atom is 0.132 e. The van der Waals surface area contributed by atoms with Crippen LogP contribution in [0, 0.1) is 6.92 Å². The first-order valence-electron chi connectivity index (χ1n) is 5.06. The summed E-state index contributed by atoms with van der Waals surface area (Å²) in [7, 11) is 0. The third kappa shape index (κ3) is 2.88. The lowest BCUT2D eigenvalue weighted by atomic mass is 10.1. The third-order valence-corrected chi connectivity index (χ3v) is 2.77. The van der Waals surface area contributed by atoms with Crippen molar-refractivity contribution in [2.24, 2.45) is 0 Å². The van der Waals surface area contributed by atoms with E-state index in [-0.39, 0.29) is 0 Å². The number of hydrogen-bond donors (Lipinski definition) is 1. The molecule has 3 heteroatoms. The molecule has 0 atom stereocenters. The quantitative estimate of drug-likeness (QED) is 0.771. The van der Waals surface area contributed by atoms with Crippen molar-refractivity contribution in [3.05, 3.63) is 23.0 Å². The van der Waals surface area contributed by atoms with Gasteiger partial charge in [-0.15, -0.1) is 0 Å². The van der Waals surface area contributed by atoms with Crippen LogP contribution in [-0.2, 0) is 0 Å². The van der Waals surface area contributed by atoms with Crippen LogP contribution in [0.2, 0.25) is 5.15 Å². The standard InChI is InChI=1S/C11H17ClN2/c1-4-9(5-2)14-10-6-8(3)11(12)13-7-10/h6-7,9,14H,4-5H2,1-3H3. The Kier molecular flexibility index (Phi) is 4.21. The fourth-order valence-electron chi connectivity index (χ4n) is 1.37. The highest BCUT2D eigenvalue weighted by molar-refractivity contribution is 6.30. The molecule has 0 spiro atoms. The molecule has 1 aromatic rings. The van der Waals surface area contributed by atoms with Crippen LogP contribution in [0.5, 0.6) is 0 Å². The summed E-state index contributed by atoms with van der Waals surface area (Å²) in [5.41, 5.74) is 2.07. The Hall–Kier alpha value is -0.760. The number of rotatable bonds is 4. The van der Waals surface area contributed by atoms with Gasteiger partial charge in [-0.3, -0.25) is 0 Å². The lowest BCUT2D eigenvalue weighted by Crippen LogP contribution is -2.17. The van der Waals surface area contributed by atoms with E-state index in [2.05, 4.69) is 24.1 Å². The summed E-state index contributed by atoms with van der Waals surface area (Å²) >= 11 is 5.85. The molecule has 0 amide bonds. The van der Waals surface area contributed by atoms with E-state index in [9.17, 15) is 0 Å². The van der Waals surface area contributed by atoms with E-state index in [1.54, 1.807) is 6.20 Å². The highest BCUT2D eigenvalue weighted by Crippen LogP contribution is 2.17. The van der Waals surface area contributed by atoms with Crippen LogP contribution in [0.15, 0.2) is 12.3 Å². The second-order valence-electron chi connectivity index (χ2n) is 3.49. The van der Waals surface area contributed by atoms with Crippen LogP contribution in [0.4, 0.5) is 5.69 Å². The summed E-state index contributed by atoms with van der Waals surface area (Å²) < 4.78 is 0. The van der Waals surface area contributed by atoms with Crippen LogP contribution in [0.25, 0.3) is 0 Å². The van der Waals surface area contributed by atoms with Crippen molar-refractivity contribution in [1.29, 1.82) is 0 Å². The van der Waals surface area contributed by atoms with Gasteiger partial charge in [0.15, 0.2) is 0 Å². The first-order valence-corrected chi connectivity index (χ1v) is 5.43. The van der Waals surface area contributed by atoms with Crippen LogP contribution < -0.4 is 5.32 Å². The van der Waals surface area contributed by atoms with Crippen molar-refractivity contribution in [3.63, 3.8) is 0 Å². The molecule has 1 heterocycles. The van der Waals surface area contributed by atoms with Gasteiger partial charge in [-0.1, -0.05) is 25.4 Å². The second kappa shape index (κ2) is 5.20. The predicted octanol–water partition coefficient (Wildman–Crippen LogP) is 3.64. The van der Waals surface area contributed by atoms with Gasteiger partial charge < -0.3 is 5.32 Å². The van der Waals surface area contributed by atoms with E-state index in [0.717, 1.165) is 24.1 Å². The van der Waals surface area contributed by atoms with E-state index in [4.69, 9.17) is 11.6 Å². The molecule has 2 nitrogen and oxygen atoms in total. The summed E-state index contributed by atoms with van der Waals surface area (Å²) in [4.78, 5) is 4.10. The first kappa shape index (κ1) is 11.3. The van der Waals surface area contributed by atoms with Crippen LogP contribution >= 0.6 is 11.6 Å². The highest BCUT2D eigenvalue weighted by Gasteiger charge is 2.04. The Morgan fingerprint density at radius 1 is 1.43 bits per heavy atom. The Balaban J connectivity index is 2.72. The Bertz CT molecular complexity index is 295. The van der Waals surface area contributed by atoms with Gasteiger partial charge in [0.2, 0.25) is 0 Å². The molecule has 1 rings (SSSR count). The number of aromatic nitrogens is 1. The smallest absolute Gasteiger partial charge is 0.132 e. The minimum Gasteiger partial charge on any atom is -0.381 e. The van der Waals surface area contributed by atoms with Crippen LogP contribution in [0.3, 0.4) is 0 Å². The molecular formula is C11H17ClN2. The molecule has 14 heavy (non-hydrogen) atoms. The zero-order valence-corrected chi connectivity index (χ0v) is 9.73. The maximum atomic E-state index is 5.85. The molecule has 0 aliphatic rings. The minimum atomic E-state index is 0.525. The van der Waals surface area contributed by atoms with Crippen LogP contribution in [-0.4, -0.2) is 11.0 Å². The van der Waals surface area contributed by atoms with E-state index >= 15 is 0 Å². The maximum absolute atomic E-state index is 5.85. The Labute approximate surface area is 90.7 Å². The molecule has 0 unspecified atom stereocenters. The average Bonchev–Trinajstić information content (AvgIpc) is 2.19. The number of pyridine rings is 1. The summed E-state index contributed by atoms with van der Waals surface area (Å²) in [6.45, 7) is 6.32. The van der Waals surface area contributed by atoms with Gasteiger partial charge in [-0.05, 0) is 31.4 Å². The molecule has 0 fully saturated rings. The zero-order valence-electron chi connectivity index (χ0n) is 8.97. The van der Waals surface area contributed by atoms with Gasteiger partial charge in [-0.2, -0.15) is 0 Å². The zero-order chi connectivity index (χ0) is 10.6. The fourth-order valence-corrected chi connectivity index (χ4v) is 1.47. The van der Waals surface area contributed by atoms with Gasteiger partial charge in [-0.25, -0.2) is 4.98 Å². The molecule has 0 aliphatic heterocycles. The minimum absolute atomic E-state index is 0.525. The summed E-state index contributed by atoms with van der Waals surface area (Å²) in [6.07, 6.45) is 4.03. The molecule has 0 aromatic carbocycles. The molecule has 0 bridgehead atoms. The fraction of sp³-hybridized carbons (Fsp3) is 0.545. The van der Waals surface area contributed by atoms with Gasteiger partial charge in [0, 0.05) is 6.04 Å². The van der Waals surface area contributed by atoms with Gasteiger partial charge in [0.1, 0.15) is 5.15 Å². The largest absolute Gasteiger partial charge is 0.381 e. The van der Waals surface area contributed by atoms with Gasteiger partial charge >= 0.3 is 0 Å². The van der Waals surface area contributed by atoms with E-state index in [1.165, 1.54) is 0 Å². The lowest BCUT2D eigenvalue weighted by molar-refractivity contribution is 0.671. The van der Waals surface area contributed by atoms with E-state index in [1.807, 2.05) is 13.0 Å². The highest BCUT2D eigenvalue weighted by atomic mass is 35.5.